The van der Waals surface area contributed by atoms with E-state index in [0.717, 1.165) is 11.4 Å². The molecular weight excluding hydrogens is 189 g/mol. The second-order valence-corrected chi connectivity index (χ2v) is 3.50. The average Bonchev–Trinajstić information content (AvgIpc) is 2.25. The summed E-state index contributed by atoms with van der Waals surface area (Å²) in [5.41, 5.74) is 3.12. The Kier molecular flexibility index (Phi) is 2.68. The molecule has 0 aliphatic rings. The molecule has 2 rings (SSSR count). The number of aryl methyl sites for hydroxylation is 1. The van der Waals surface area contributed by atoms with E-state index in [9.17, 15) is 4.39 Å². The lowest BCUT2D eigenvalue weighted by Gasteiger charge is -2.06. The number of hydrogen-bond donors (Lipinski definition) is 1. The minimum atomic E-state index is -0.218. The summed E-state index contributed by atoms with van der Waals surface area (Å²) in [4.78, 5) is 0. The van der Waals surface area contributed by atoms with Gasteiger partial charge in [-0.2, -0.15) is 0 Å². The smallest absolute Gasteiger partial charge is 0.123 e. The number of hydrogen-bond acceptors (Lipinski definition) is 1. The monoisotopic (exact) mass is 201 g/mol. The summed E-state index contributed by atoms with van der Waals surface area (Å²) in [7, 11) is 0. The van der Waals surface area contributed by atoms with Crippen molar-refractivity contribution < 1.29 is 4.39 Å². The summed E-state index contributed by atoms with van der Waals surface area (Å²) in [6, 6.07) is 14.4. The second kappa shape index (κ2) is 4.13. The van der Waals surface area contributed by atoms with E-state index in [-0.39, 0.29) is 5.82 Å². The molecule has 0 aliphatic heterocycles. The molecule has 0 saturated carbocycles. The Morgan fingerprint density at radius 3 is 1.80 bits per heavy atom. The highest BCUT2D eigenvalue weighted by Gasteiger charge is 1.94. The van der Waals surface area contributed by atoms with Crippen molar-refractivity contribution in [2.24, 2.45) is 0 Å². The highest BCUT2D eigenvalue weighted by atomic mass is 19.1. The third kappa shape index (κ3) is 2.56. The van der Waals surface area contributed by atoms with Gasteiger partial charge in [0.15, 0.2) is 0 Å². The molecule has 76 valence electrons. The van der Waals surface area contributed by atoms with Crippen molar-refractivity contribution in [1.29, 1.82) is 0 Å². The van der Waals surface area contributed by atoms with Gasteiger partial charge in [-0.25, -0.2) is 4.39 Å². The van der Waals surface area contributed by atoms with E-state index in [2.05, 4.69) is 5.32 Å². The molecule has 0 radical (unpaired) electrons. The first-order chi connectivity index (χ1) is 7.24. The molecule has 0 saturated heterocycles. The van der Waals surface area contributed by atoms with Crippen LogP contribution >= 0.6 is 0 Å². The van der Waals surface area contributed by atoms with Crippen LogP contribution in [0.15, 0.2) is 48.5 Å². The van der Waals surface area contributed by atoms with Gasteiger partial charge in [0.05, 0.1) is 0 Å². The van der Waals surface area contributed by atoms with Gasteiger partial charge in [0.25, 0.3) is 0 Å². The molecule has 0 unspecified atom stereocenters. The summed E-state index contributed by atoms with van der Waals surface area (Å²) in [6.07, 6.45) is 0. The van der Waals surface area contributed by atoms with Crippen LogP contribution in [0.2, 0.25) is 0 Å². The maximum absolute atomic E-state index is 12.7. The first-order valence-corrected chi connectivity index (χ1v) is 4.83. The number of rotatable bonds is 2. The molecule has 1 N–H and O–H groups in total. The number of halogens is 1. The quantitative estimate of drug-likeness (QED) is 0.777. The van der Waals surface area contributed by atoms with E-state index in [1.54, 1.807) is 12.1 Å². The third-order valence-corrected chi connectivity index (χ3v) is 2.18. The summed E-state index contributed by atoms with van der Waals surface area (Å²) >= 11 is 0. The standard InChI is InChI=1S/C13H12FN/c1-10-2-6-12(7-3-10)15-13-8-4-11(14)5-9-13/h2-9,15H,1H3. The zero-order valence-electron chi connectivity index (χ0n) is 8.50. The minimum absolute atomic E-state index is 0.218. The fourth-order valence-corrected chi connectivity index (χ4v) is 1.34. The van der Waals surface area contributed by atoms with Gasteiger partial charge in [-0.05, 0) is 43.3 Å². The normalized spacial score (nSPS) is 10.0. The van der Waals surface area contributed by atoms with Crippen molar-refractivity contribution in [2.45, 2.75) is 6.92 Å². The lowest BCUT2D eigenvalue weighted by atomic mass is 10.2. The van der Waals surface area contributed by atoms with Crippen molar-refractivity contribution in [3.63, 3.8) is 0 Å². The molecule has 0 fully saturated rings. The van der Waals surface area contributed by atoms with Gasteiger partial charge in [-0.3, -0.25) is 0 Å². The molecule has 0 bridgehead atoms. The molecule has 0 aliphatic carbocycles. The summed E-state index contributed by atoms with van der Waals surface area (Å²) in [5, 5.41) is 3.19. The number of nitrogens with one attached hydrogen (secondary N) is 1. The van der Waals surface area contributed by atoms with Gasteiger partial charge in [-0.1, -0.05) is 17.7 Å². The van der Waals surface area contributed by atoms with Crippen LogP contribution < -0.4 is 5.32 Å². The molecule has 2 aromatic carbocycles. The zero-order valence-corrected chi connectivity index (χ0v) is 8.50. The predicted octanol–water partition coefficient (Wildman–Crippen LogP) is 3.88. The molecule has 0 spiro atoms. The average molecular weight is 201 g/mol. The maximum atomic E-state index is 12.7. The largest absolute Gasteiger partial charge is 0.356 e. The van der Waals surface area contributed by atoms with Crippen molar-refractivity contribution in [3.8, 4) is 0 Å². The van der Waals surface area contributed by atoms with E-state index in [1.165, 1.54) is 17.7 Å². The predicted molar refractivity (Wildman–Crippen MR) is 60.9 cm³/mol. The van der Waals surface area contributed by atoms with E-state index >= 15 is 0 Å². The van der Waals surface area contributed by atoms with Crippen molar-refractivity contribution >= 4 is 11.4 Å². The molecule has 1 nitrogen and oxygen atoms in total. The first-order valence-electron chi connectivity index (χ1n) is 4.83. The van der Waals surface area contributed by atoms with Crippen LogP contribution in [-0.4, -0.2) is 0 Å². The van der Waals surface area contributed by atoms with Crippen LogP contribution in [-0.2, 0) is 0 Å². The maximum Gasteiger partial charge on any atom is 0.123 e. The van der Waals surface area contributed by atoms with Crippen LogP contribution in [0.5, 0.6) is 0 Å². The van der Waals surface area contributed by atoms with Gasteiger partial charge < -0.3 is 5.32 Å². The van der Waals surface area contributed by atoms with Gasteiger partial charge in [0.1, 0.15) is 5.82 Å². The SMILES string of the molecule is Cc1ccc(Nc2ccc(F)cc2)cc1. The van der Waals surface area contributed by atoms with Crippen LogP contribution in [0, 0.1) is 12.7 Å². The summed E-state index contributed by atoms with van der Waals surface area (Å²) in [6.45, 7) is 2.04. The topological polar surface area (TPSA) is 12.0 Å². The van der Waals surface area contributed by atoms with Gasteiger partial charge in [0.2, 0.25) is 0 Å². The molecule has 15 heavy (non-hydrogen) atoms. The van der Waals surface area contributed by atoms with Crippen LogP contribution in [0.4, 0.5) is 15.8 Å². The van der Waals surface area contributed by atoms with Crippen molar-refractivity contribution in [2.75, 3.05) is 5.32 Å². The van der Waals surface area contributed by atoms with Crippen LogP contribution in [0.25, 0.3) is 0 Å². The summed E-state index contributed by atoms with van der Waals surface area (Å²) in [5.74, 6) is -0.218. The molecular formula is C13H12FN. The molecule has 2 aromatic rings. The molecule has 0 heterocycles. The van der Waals surface area contributed by atoms with E-state index < -0.39 is 0 Å². The second-order valence-electron chi connectivity index (χ2n) is 3.50. The minimum Gasteiger partial charge on any atom is -0.356 e. The molecule has 0 atom stereocenters. The Labute approximate surface area is 88.6 Å². The number of benzene rings is 2. The first kappa shape index (κ1) is 9.71. The lowest BCUT2D eigenvalue weighted by Crippen LogP contribution is -1.89. The van der Waals surface area contributed by atoms with E-state index in [4.69, 9.17) is 0 Å². The van der Waals surface area contributed by atoms with Gasteiger partial charge >= 0.3 is 0 Å². The Bertz CT molecular complexity index is 388. The Morgan fingerprint density at radius 1 is 0.800 bits per heavy atom. The Balaban J connectivity index is 2.15. The van der Waals surface area contributed by atoms with Crippen LogP contribution in [0.3, 0.4) is 0 Å². The fraction of sp³-hybridized carbons (Fsp3) is 0.0769. The van der Waals surface area contributed by atoms with Gasteiger partial charge in [-0.15, -0.1) is 0 Å². The van der Waals surface area contributed by atoms with E-state index in [1.807, 2.05) is 31.2 Å². The molecule has 0 amide bonds. The number of anilines is 2. The van der Waals surface area contributed by atoms with E-state index in [0.29, 0.717) is 0 Å². The Morgan fingerprint density at radius 2 is 1.27 bits per heavy atom. The van der Waals surface area contributed by atoms with Gasteiger partial charge in [0, 0.05) is 11.4 Å². The summed E-state index contributed by atoms with van der Waals surface area (Å²) < 4.78 is 12.7. The fourth-order valence-electron chi connectivity index (χ4n) is 1.34. The Hall–Kier alpha value is -1.83. The van der Waals surface area contributed by atoms with Crippen LogP contribution in [0.1, 0.15) is 5.56 Å². The molecule has 0 aromatic heterocycles. The van der Waals surface area contributed by atoms with Crippen molar-refractivity contribution in [3.05, 3.63) is 59.9 Å². The van der Waals surface area contributed by atoms with Crippen molar-refractivity contribution in [1.82, 2.24) is 0 Å². The third-order valence-electron chi connectivity index (χ3n) is 2.18. The highest BCUT2D eigenvalue weighted by molar-refractivity contribution is 5.59. The lowest BCUT2D eigenvalue weighted by molar-refractivity contribution is 0.628. The highest BCUT2D eigenvalue weighted by Crippen LogP contribution is 2.16. The molecule has 2 heteroatoms. The zero-order chi connectivity index (χ0) is 10.7.